The van der Waals surface area contributed by atoms with Gasteiger partial charge in [0.2, 0.25) is 0 Å². The van der Waals surface area contributed by atoms with E-state index in [-0.39, 0.29) is 18.6 Å². The molecule has 1 aromatic rings. The molecule has 1 atom stereocenters. The maximum atomic E-state index is 10.4. The Hall–Kier alpha value is -1.34. The molecule has 0 heterocycles. The largest absolute Gasteiger partial charge is 0.493 e. The molecule has 1 aromatic carbocycles. The van der Waals surface area contributed by atoms with Crippen LogP contribution >= 0.6 is 0 Å². The average Bonchev–Trinajstić information content (AvgIpc) is 2.73. The third-order valence-electron chi connectivity index (χ3n) is 5.72. The summed E-state index contributed by atoms with van der Waals surface area (Å²) in [6, 6.07) is 6.42. The van der Waals surface area contributed by atoms with E-state index in [9.17, 15) is 10.2 Å². The van der Waals surface area contributed by atoms with Crippen LogP contribution in [0.2, 0.25) is 0 Å². The summed E-state index contributed by atoms with van der Waals surface area (Å²) in [6.07, 6.45) is 5.83. The van der Waals surface area contributed by atoms with Gasteiger partial charge in [0.05, 0.1) is 7.11 Å². The molecule has 3 N–H and O–H groups in total. The summed E-state index contributed by atoms with van der Waals surface area (Å²) in [7, 11) is 3.72. The number of aliphatic hydroxyl groups excluding tert-OH is 2. The number of nitrogens with zero attached hydrogens (tertiary/aromatic N) is 1. The van der Waals surface area contributed by atoms with Crippen LogP contribution in [0.1, 0.15) is 51.5 Å². The van der Waals surface area contributed by atoms with Crippen molar-refractivity contribution in [2.45, 2.75) is 64.6 Å². The Labute approximate surface area is 176 Å². The second-order valence-corrected chi connectivity index (χ2v) is 9.11. The van der Waals surface area contributed by atoms with Gasteiger partial charge in [-0.25, -0.2) is 0 Å². The standard InChI is InChI=1S/C23H40N2O4/c1-23(2,17-26)16-24-13-18-10-11-21(22(12-18)28-4)29-15-20(27)14-25(3)19-8-6-5-7-9-19/h10-12,19-20,24,26-27H,5-9,13-17H2,1-4H3. The summed E-state index contributed by atoms with van der Waals surface area (Å²) < 4.78 is 11.3. The van der Waals surface area contributed by atoms with Crippen molar-refractivity contribution in [3.8, 4) is 11.5 Å². The van der Waals surface area contributed by atoms with Gasteiger partial charge in [0.25, 0.3) is 0 Å². The molecule has 0 aromatic heterocycles. The number of hydrogen-bond donors (Lipinski definition) is 3. The number of benzene rings is 1. The minimum Gasteiger partial charge on any atom is -0.493 e. The van der Waals surface area contributed by atoms with Crippen LogP contribution in [0, 0.1) is 5.41 Å². The van der Waals surface area contributed by atoms with Gasteiger partial charge < -0.3 is 29.9 Å². The molecule has 1 unspecified atom stereocenters. The van der Waals surface area contributed by atoms with E-state index in [1.165, 1.54) is 32.1 Å². The quantitative estimate of drug-likeness (QED) is 0.494. The van der Waals surface area contributed by atoms with Gasteiger partial charge in [0.1, 0.15) is 12.7 Å². The van der Waals surface area contributed by atoms with Gasteiger partial charge in [0.15, 0.2) is 11.5 Å². The van der Waals surface area contributed by atoms with Gasteiger partial charge in [0, 0.05) is 37.7 Å². The highest BCUT2D eigenvalue weighted by atomic mass is 16.5. The SMILES string of the molecule is COc1cc(CNCC(C)(C)CO)ccc1OCC(O)CN(C)C1CCCCC1. The fourth-order valence-corrected chi connectivity index (χ4v) is 3.78. The maximum absolute atomic E-state index is 10.4. The van der Waals surface area contributed by atoms with Crippen molar-refractivity contribution in [1.29, 1.82) is 0 Å². The van der Waals surface area contributed by atoms with Crippen LogP contribution in [0.5, 0.6) is 11.5 Å². The van der Waals surface area contributed by atoms with E-state index in [4.69, 9.17) is 9.47 Å². The summed E-state index contributed by atoms with van der Waals surface area (Å²) >= 11 is 0. The first-order chi connectivity index (χ1) is 13.8. The highest BCUT2D eigenvalue weighted by Gasteiger charge is 2.21. The third kappa shape index (κ3) is 8.13. The first-order valence-corrected chi connectivity index (χ1v) is 10.8. The zero-order chi connectivity index (χ0) is 21.3. The number of ether oxygens (including phenoxy) is 2. The average molecular weight is 409 g/mol. The van der Waals surface area contributed by atoms with Crippen molar-refractivity contribution in [3.05, 3.63) is 23.8 Å². The zero-order valence-electron chi connectivity index (χ0n) is 18.6. The summed E-state index contributed by atoms with van der Waals surface area (Å²) in [5.41, 5.74) is 0.939. The van der Waals surface area contributed by atoms with Gasteiger partial charge in [-0.05, 0) is 37.6 Å². The van der Waals surface area contributed by atoms with Crippen LogP contribution in [0.25, 0.3) is 0 Å². The fourth-order valence-electron chi connectivity index (χ4n) is 3.78. The molecular formula is C23H40N2O4. The Morgan fingerprint density at radius 1 is 1.21 bits per heavy atom. The van der Waals surface area contributed by atoms with E-state index >= 15 is 0 Å². The normalized spacial score (nSPS) is 16.8. The maximum Gasteiger partial charge on any atom is 0.161 e. The first kappa shape index (κ1) is 23.9. The van der Waals surface area contributed by atoms with Crippen LogP contribution in [-0.4, -0.2) is 67.7 Å². The molecule has 6 heteroatoms. The van der Waals surface area contributed by atoms with Crippen LogP contribution in [0.15, 0.2) is 18.2 Å². The second-order valence-electron chi connectivity index (χ2n) is 9.11. The van der Waals surface area contributed by atoms with E-state index in [0.29, 0.717) is 30.6 Å². The Morgan fingerprint density at radius 2 is 1.93 bits per heavy atom. The molecule has 0 aliphatic heterocycles. The van der Waals surface area contributed by atoms with E-state index in [1.54, 1.807) is 7.11 Å². The topological polar surface area (TPSA) is 74.2 Å². The number of likely N-dealkylation sites (N-methyl/N-ethyl adjacent to an activating group) is 1. The lowest BCUT2D eigenvalue weighted by molar-refractivity contribution is 0.0553. The van der Waals surface area contributed by atoms with E-state index in [0.717, 1.165) is 12.1 Å². The lowest BCUT2D eigenvalue weighted by Crippen LogP contribution is -2.40. The molecule has 0 saturated heterocycles. The molecule has 0 spiro atoms. The molecule has 2 rings (SSSR count). The highest BCUT2D eigenvalue weighted by molar-refractivity contribution is 5.43. The fraction of sp³-hybridized carbons (Fsp3) is 0.739. The number of methoxy groups -OCH3 is 1. The van der Waals surface area contributed by atoms with Crippen LogP contribution in [0.3, 0.4) is 0 Å². The molecule has 166 valence electrons. The molecule has 1 fully saturated rings. The molecule has 1 aliphatic carbocycles. The summed E-state index contributed by atoms with van der Waals surface area (Å²) in [6.45, 7) is 6.47. The minimum absolute atomic E-state index is 0.145. The summed E-state index contributed by atoms with van der Waals surface area (Å²) in [5, 5.41) is 23.1. The third-order valence-corrected chi connectivity index (χ3v) is 5.72. The van der Waals surface area contributed by atoms with E-state index in [1.807, 2.05) is 32.0 Å². The second kappa shape index (κ2) is 11.7. The van der Waals surface area contributed by atoms with Crippen molar-refractivity contribution in [2.24, 2.45) is 5.41 Å². The lowest BCUT2D eigenvalue weighted by atomic mass is 9.94. The predicted molar refractivity (Wildman–Crippen MR) is 117 cm³/mol. The molecule has 29 heavy (non-hydrogen) atoms. The number of hydrogen-bond acceptors (Lipinski definition) is 6. The predicted octanol–water partition coefficient (Wildman–Crippen LogP) is 2.81. The number of rotatable bonds is 12. The zero-order valence-corrected chi connectivity index (χ0v) is 18.6. The number of aliphatic hydroxyl groups is 2. The molecular weight excluding hydrogens is 368 g/mol. The van der Waals surface area contributed by atoms with Crippen LogP contribution < -0.4 is 14.8 Å². The van der Waals surface area contributed by atoms with Crippen LogP contribution in [-0.2, 0) is 6.54 Å². The summed E-state index contributed by atoms with van der Waals surface area (Å²) in [5.74, 6) is 1.31. The van der Waals surface area contributed by atoms with Crippen molar-refractivity contribution in [1.82, 2.24) is 10.2 Å². The van der Waals surface area contributed by atoms with Gasteiger partial charge in [-0.1, -0.05) is 39.2 Å². The van der Waals surface area contributed by atoms with Crippen molar-refractivity contribution in [2.75, 3.05) is 40.5 Å². The molecule has 0 amide bonds. The first-order valence-electron chi connectivity index (χ1n) is 10.8. The smallest absolute Gasteiger partial charge is 0.161 e. The highest BCUT2D eigenvalue weighted by Crippen LogP contribution is 2.28. The van der Waals surface area contributed by atoms with E-state index in [2.05, 4.69) is 17.3 Å². The molecule has 1 saturated carbocycles. The van der Waals surface area contributed by atoms with Crippen molar-refractivity contribution >= 4 is 0 Å². The van der Waals surface area contributed by atoms with Crippen molar-refractivity contribution in [3.63, 3.8) is 0 Å². The van der Waals surface area contributed by atoms with Gasteiger partial charge >= 0.3 is 0 Å². The van der Waals surface area contributed by atoms with Crippen LogP contribution in [0.4, 0.5) is 0 Å². The minimum atomic E-state index is -0.534. The Bertz CT molecular complexity index is 603. The molecule has 1 aliphatic rings. The Kier molecular flexibility index (Phi) is 9.69. The summed E-state index contributed by atoms with van der Waals surface area (Å²) in [4.78, 5) is 2.27. The molecule has 0 bridgehead atoms. The molecule has 0 radical (unpaired) electrons. The van der Waals surface area contributed by atoms with E-state index < -0.39 is 6.10 Å². The van der Waals surface area contributed by atoms with Gasteiger partial charge in [-0.15, -0.1) is 0 Å². The van der Waals surface area contributed by atoms with Crippen molar-refractivity contribution < 1.29 is 19.7 Å². The Balaban J connectivity index is 1.81. The monoisotopic (exact) mass is 408 g/mol. The Morgan fingerprint density at radius 3 is 2.59 bits per heavy atom. The van der Waals surface area contributed by atoms with Gasteiger partial charge in [-0.3, -0.25) is 0 Å². The van der Waals surface area contributed by atoms with Gasteiger partial charge in [-0.2, -0.15) is 0 Å². The molecule has 6 nitrogen and oxygen atoms in total. The number of nitrogens with one attached hydrogen (secondary N) is 1. The lowest BCUT2D eigenvalue weighted by Gasteiger charge is -2.32.